The van der Waals surface area contributed by atoms with E-state index < -0.39 is 0 Å². The molecule has 0 radical (unpaired) electrons. The maximum Gasteiger partial charge on any atom is 0.156 e. The third kappa shape index (κ3) is 1.59. The van der Waals surface area contributed by atoms with Crippen LogP contribution >= 0.6 is 12.4 Å². The van der Waals surface area contributed by atoms with Crippen LogP contribution in [0.1, 0.15) is 5.56 Å². The first-order valence-corrected chi connectivity index (χ1v) is 3.70. The second-order valence-electron chi connectivity index (χ2n) is 2.73. The Labute approximate surface area is 77.4 Å². The van der Waals surface area contributed by atoms with Crippen LogP contribution in [0.5, 0.6) is 0 Å². The van der Waals surface area contributed by atoms with E-state index in [-0.39, 0.29) is 18.2 Å². The minimum Gasteiger partial charge on any atom is -0.378 e. The van der Waals surface area contributed by atoms with Crippen molar-refractivity contribution < 1.29 is 4.79 Å². The summed E-state index contributed by atoms with van der Waals surface area (Å²) in [4.78, 5) is 11.0. The Bertz CT molecular complexity index is 298. The van der Waals surface area contributed by atoms with Crippen LogP contribution in [0.4, 0.5) is 5.69 Å². The highest BCUT2D eigenvalue weighted by Gasteiger charge is 2.12. The predicted molar refractivity (Wildman–Crippen MR) is 50.9 cm³/mol. The number of carbonyl (C=O) groups is 1. The monoisotopic (exact) mass is 183 g/mol. The van der Waals surface area contributed by atoms with Crippen LogP contribution in [0.2, 0.25) is 0 Å². The van der Waals surface area contributed by atoms with Crippen molar-refractivity contribution in [3.05, 3.63) is 29.8 Å². The minimum absolute atomic E-state index is 0. The van der Waals surface area contributed by atoms with Crippen molar-refractivity contribution in [2.75, 3.05) is 11.9 Å². The van der Waals surface area contributed by atoms with Gasteiger partial charge in [-0.3, -0.25) is 4.79 Å². The van der Waals surface area contributed by atoms with Gasteiger partial charge in [-0.15, -0.1) is 12.4 Å². The first-order valence-electron chi connectivity index (χ1n) is 3.70. The summed E-state index contributed by atoms with van der Waals surface area (Å²) in [6.45, 7) is 0.483. The molecule has 0 amide bonds. The van der Waals surface area contributed by atoms with Crippen LogP contribution in [0.3, 0.4) is 0 Å². The third-order valence-electron chi connectivity index (χ3n) is 1.88. The van der Waals surface area contributed by atoms with Crippen molar-refractivity contribution in [1.29, 1.82) is 0 Å². The maximum atomic E-state index is 11.0. The summed E-state index contributed by atoms with van der Waals surface area (Å²) in [6, 6.07) is 7.92. The molecule has 0 saturated heterocycles. The van der Waals surface area contributed by atoms with E-state index in [4.69, 9.17) is 0 Å². The molecule has 64 valence electrons. The zero-order valence-corrected chi connectivity index (χ0v) is 7.36. The average molecular weight is 184 g/mol. The molecule has 0 bridgehead atoms. The third-order valence-corrected chi connectivity index (χ3v) is 1.88. The highest BCUT2D eigenvalue weighted by atomic mass is 35.5. The number of carbonyl (C=O) groups excluding carboxylic acids is 1. The van der Waals surface area contributed by atoms with Crippen LogP contribution in [0.25, 0.3) is 0 Å². The molecule has 12 heavy (non-hydrogen) atoms. The number of rotatable bonds is 0. The average Bonchev–Trinajstić information content (AvgIpc) is 2.04. The van der Waals surface area contributed by atoms with Gasteiger partial charge in [-0.1, -0.05) is 18.2 Å². The van der Waals surface area contributed by atoms with Gasteiger partial charge in [0.25, 0.3) is 0 Å². The lowest BCUT2D eigenvalue weighted by Gasteiger charge is -2.15. The predicted octanol–water partition coefficient (Wildman–Crippen LogP) is 1.65. The second-order valence-corrected chi connectivity index (χ2v) is 2.73. The molecule has 2 nitrogen and oxygen atoms in total. The molecule has 0 unspecified atom stereocenters. The molecule has 0 spiro atoms. The topological polar surface area (TPSA) is 29.1 Å². The molecule has 2 rings (SSSR count). The number of fused-ring (bicyclic) bond motifs is 1. The smallest absolute Gasteiger partial charge is 0.156 e. The summed E-state index contributed by atoms with van der Waals surface area (Å²) in [5.41, 5.74) is 2.22. The first kappa shape index (κ1) is 9.07. The number of halogens is 1. The van der Waals surface area contributed by atoms with Gasteiger partial charge >= 0.3 is 0 Å². The van der Waals surface area contributed by atoms with E-state index in [1.807, 2.05) is 24.3 Å². The van der Waals surface area contributed by atoms with Gasteiger partial charge in [0, 0.05) is 12.1 Å². The van der Waals surface area contributed by atoms with Crippen molar-refractivity contribution in [3.63, 3.8) is 0 Å². The van der Waals surface area contributed by atoms with Crippen molar-refractivity contribution in [2.45, 2.75) is 6.42 Å². The molecular weight excluding hydrogens is 174 g/mol. The molecule has 1 N–H and O–H groups in total. The lowest BCUT2D eigenvalue weighted by Crippen LogP contribution is -2.22. The fraction of sp³-hybridized carbons (Fsp3) is 0.222. The standard InChI is InChI=1S/C9H9NO.ClH/c11-8-5-7-3-1-2-4-9(7)10-6-8;/h1-4,10H,5-6H2;1H. The molecule has 0 fully saturated rings. The van der Waals surface area contributed by atoms with Gasteiger partial charge in [0.2, 0.25) is 0 Å². The van der Waals surface area contributed by atoms with Crippen molar-refractivity contribution >= 4 is 23.9 Å². The van der Waals surface area contributed by atoms with E-state index >= 15 is 0 Å². The summed E-state index contributed by atoms with van der Waals surface area (Å²) in [5, 5.41) is 3.06. The van der Waals surface area contributed by atoms with E-state index in [0.717, 1.165) is 11.3 Å². The lowest BCUT2D eigenvalue weighted by atomic mass is 10.0. The zero-order valence-electron chi connectivity index (χ0n) is 6.54. The molecule has 3 heteroatoms. The summed E-state index contributed by atoms with van der Waals surface area (Å²) in [5.74, 6) is 0.267. The number of para-hydroxylation sites is 1. The van der Waals surface area contributed by atoms with E-state index in [2.05, 4.69) is 5.32 Å². The van der Waals surface area contributed by atoms with Crippen LogP contribution in [0.15, 0.2) is 24.3 Å². The second kappa shape index (κ2) is 3.59. The summed E-state index contributed by atoms with van der Waals surface area (Å²) >= 11 is 0. The normalized spacial score (nSPS) is 14.2. The van der Waals surface area contributed by atoms with Gasteiger partial charge < -0.3 is 5.32 Å². The molecule has 1 aliphatic rings. The molecular formula is C9H10ClNO. The molecule has 1 aromatic carbocycles. The largest absolute Gasteiger partial charge is 0.378 e. The van der Waals surface area contributed by atoms with Gasteiger partial charge in [-0.05, 0) is 11.6 Å². The highest BCUT2D eigenvalue weighted by molar-refractivity contribution is 5.89. The number of ketones is 1. The molecule has 1 aromatic rings. The Kier molecular flexibility index (Phi) is 2.71. The van der Waals surface area contributed by atoms with Gasteiger partial charge in [0.15, 0.2) is 5.78 Å². The Morgan fingerprint density at radius 3 is 2.83 bits per heavy atom. The van der Waals surface area contributed by atoms with Gasteiger partial charge in [0.05, 0.1) is 6.54 Å². The Morgan fingerprint density at radius 2 is 2.00 bits per heavy atom. The molecule has 0 aromatic heterocycles. The molecule has 1 aliphatic heterocycles. The Hall–Kier alpha value is -1.02. The van der Waals surface area contributed by atoms with E-state index in [1.165, 1.54) is 0 Å². The lowest BCUT2D eigenvalue weighted by molar-refractivity contribution is -0.117. The molecule has 1 heterocycles. The SMILES string of the molecule is Cl.O=C1CNc2ccccc2C1. The molecule has 0 aliphatic carbocycles. The Balaban J connectivity index is 0.000000720. The van der Waals surface area contributed by atoms with Gasteiger partial charge in [-0.2, -0.15) is 0 Å². The summed E-state index contributed by atoms with van der Waals surface area (Å²) < 4.78 is 0. The fourth-order valence-corrected chi connectivity index (χ4v) is 1.32. The van der Waals surface area contributed by atoms with Crippen LogP contribution in [-0.4, -0.2) is 12.3 Å². The number of benzene rings is 1. The van der Waals surface area contributed by atoms with Crippen molar-refractivity contribution in [1.82, 2.24) is 0 Å². The molecule has 0 saturated carbocycles. The highest BCUT2D eigenvalue weighted by Crippen LogP contribution is 2.18. The van der Waals surface area contributed by atoms with Crippen molar-refractivity contribution in [3.8, 4) is 0 Å². The zero-order chi connectivity index (χ0) is 7.68. The van der Waals surface area contributed by atoms with Gasteiger partial charge in [0.1, 0.15) is 0 Å². The summed E-state index contributed by atoms with van der Waals surface area (Å²) in [6.07, 6.45) is 0.586. The van der Waals surface area contributed by atoms with Crippen LogP contribution in [0, 0.1) is 0 Å². The maximum absolute atomic E-state index is 11.0. The van der Waals surface area contributed by atoms with Crippen LogP contribution < -0.4 is 5.32 Å². The quantitative estimate of drug-likeness (QED) is 0.663. The van der Waals surface area contributed by atoms with E-state index in [0.29, 0.717) is 13.0 Å². The first-order chi connectivity index (χ1) is 5.36. The number of hydrogen-bond acceptors (Lipinski definition) is 2. The fourth-order valence-electron chi connectivity index (χ4n) is 1.32. The van der Waals surface area contributed by atoms with Crippen LogP contribution in [-0.2, 0) is 11.2 Å². The van der Waals surface area contributed by atoms with Crippen molar-refractivity contribution in [2.24, 2.45) is 0 Å². The number of nitrogens with one attached hydrogen (secondary N) is 1. The number of Topliss-reactive ketones (excluding diaryl/α,β-unsaturated/α-hetero) is 1. The van der Waals surface area contributed by atoms with Gasteiger partial charge in [-0.25, -0.2) is 0 Å². The number of anilines is 1. The minimum atomic E-state index is 0. The summed E-state index contributed by atoms with van der Waals surface area (Å²) in [7, 11) is 0. The number of hydrogen-bond donors (Lipinski definition) is 1. The Morgan fingerprint density at radius 1 is 1.25 bits per heavy atom. The molecule has 0 atom stereocenters. The van der Waals surface area contributed by atoms with E-state index in [9.17, 15) is 4.79 Å². The van der Waals surface area contributed by atoms with E-state index in [1.54, 1.807) is 0 Å².